The van der Waals surface area contributed by atoms with Crippen molar-refractivity contribution in [2.75, 3.05) is 6.61 Å². The Kier molecular flexibility index (Phi) is 5.47. The molecule has 0 saturated heterocycles. The summed E-state index contributed by atoms with van der Waals surface area (Å²) in [4.78, 5) is 12.5. The lowest BCUT2D eigenvalue weighted by molar-refractivity contribution is -0.147. The first-order valence-electron chi connectivity index (χ1n) is 6.82. The summed E-state index contributed by atoms with van der Waals surface area (Å²) in [6.07, 6.45) is 7.94. The van der Waals surface area contributed by atoms with Gasteiger partial charge in [0.1, 0.15) is 5.60 Å². The molecule has 1 aliphatic carbocycles. The molecule has 0 N–H and O–H groups in total. The molecule has 1 rings (SSSR count). The summed E-state index contributed by atoms with van der Waals surface area (Å²) in [5.74, 6) is 0.595. The molecule has 0 amide bonds. The summed E-state index contributed by atoms with van der Waals surface area (Å²) in [7, 11) is 0. The second kappa shape index (κ2) is 6.39. The smallest absolute Gasteiger partial charge is 0.167 e. The summed E-state index contributed by atoms with van der Waals surface area (Å²) >= 11 is 0. The monoisotopic (exact) mass is 226 g/mol. The van der Waals surface area contributed by atoms with E-state index >= 15 is 0 Å². The maximum absolute atomic E-state index is 12.5. The highest BCUT2D eigenvalue weighted by molar-refractivity contribution is 5.89. The van der Waals surface area contributed by atoms with Crippen molar-refractivity contribution in [2.24, 2.45) is 5.92 Å². The van der Waals surface area contributed by atoms with Crippen molar-refractivity contribution >= 4 is 5.78 Å². The van der Waals surface area contributed by atoms with Crippen molar-refractivity contribution in [1.29, 1.82) is 0 Å². The van der Waals surface area contributed by atoms with Gasteiger partial charge in [0.2, 0.25) is 0 Å². The lowest BCUT2D eigenvalue weighted by atomic mass is 9.84. The fraction of sp³-hybridized carbons (Fsp3) is 0.929. The predicted octanol–water partition coefficient (Wildman–Crippen LogP) is 3.73. The Morgan fingerprint density at radius 3 is 2.19 bits per heavy atom. The zero-order chi connectivity index (χ0) is 12.0. The number of carbonyl (C=O) groups is 1. The minimum atomic E-state index is -0.538. The van der Waals surface area contributed by atoms with E-state index in [0.717, 1.165) is 19.3 Å². The molecular formula is C14H26O2. The number of rotatable bonds is 5. The third-order valence-electron chi connectivity index (χ3n) is 3.88. The molecular weight excluding hydrogens is 200 g/mol. The van der Waals surface area contributed by atoms with Crippen molar-refractivity contribution in [1.82, 2.24) is 0 Å². The van der Waals surface area contributed by atoms with Crippen LogP contribution in [0, 0.1) is 5.92 Å². The second-order valence-electron chi connectivity index (χ2n) is 5.07. The van der Waals surface area contributed by atoms with E-state index in [-0.39, 0.29) is 5.92 Å². The van der Waals surface area contributed by atoms with E-state index in [4.69, 9.17) is 4.74 Å². The van der Waals surface area contributed by atoms with Crippen LogP contribution in [0.2, 0.25) is 0 Å². The van der Waals surface area contributed by atoms with Gasteiger partial charge in [0.25, 0.3) is 0 Å². The fourth-order valence-electron chi connectivity index (χ4n) is 2.64. The Balaban J connectivity index is 2.65. The van der Waals surface area contributed by atoms with E-state index in [1.165, 1.54) is 25.7 Å². The molecule has 1 aliphatic rings. The number of hydrogen-bond donors (Lipinski definition) is 0. The van der Waals surface area contributed by atoms with E-state index in [0.29, 0.717) is 12.4 Å². The van der Waals surface area contributed by atoms with Crippen LogP contribution in [0.5, 0.6) is 0 Å². The molecule has 0 bridgehead atoms. The van der Waals surface area contributed by atoms with Gasteiger partial charge in [-0.2, -0.15) is 0 Å². The van der Waals surface area contributed by atoms with Gasteiger partial charge in [-0.15, -0.1) is 0 Å². The van der Waals surface area contributed by atoms with Crippen LogP contribution in [0.25, 0.3) is 0 Å². The van der Waals surface area contributed by atoms with E-state index in [1.54, 1.807) is 0 Å². The summed E-state index contributed by atoms with van der Waals surface area (Å²) in [6.45, 7) is 6.60. The molecule has 94 valence electrons. The van der Waals surface area contributed by atoms with E-state index < -0.39 is 5.60 Å². The zero-order valence-electron chi connectivity index (χ0n) is 11.1. The molecule has 2 heteroatoms. The van der Waals surface area contributed by atoms with Gasteiger partial charge < -0.3 is 4.74 Å². The Morgan fingerprint density at radius 2 is 1.75 bits per heavy atom. The fourth-order valence-corrected chi connectivity index (χ4v) is 2.64. The van der Waals surface area contributed by atoms with Crippen LogP contribution in [0.1, 0.15) is 65.7 Å². The normalized spacial score (nSPS) is 22.4. The lowest BCUT2D eigenvalue weighted by Crippen LogP contribution is -2.42. The molecule has 1 unspecified atom stereocenters. The van der Waals surface area contributed by atoms with Crippen molar-refractivity contribution in [3.05, 3.63) is 0 Å². The molecule has 1 atom stereocenters. The summed E-state index contributed by atoms with van der Waals surface area (Å²) < 4.78 is 5.68. The quantitative estimate of drug-likeness (QED) is 0.668. The first-order valence-corrected chi connectivity index (χ1v) is 6.82. The molecule has 0 aromatic heterocycles. The van der Waals surface area contributed by atoms with Crippen LogP contribution in [0.3, 0.4) is 0 Å². The first kappa shape index (κ1) is 13.7. The van der Waals surface area contributed by atoms with Gasteiger partial charge in [-0.1, -0.05) is 32.6 Å². The molecule has 0 radical (unpaired) electrons. The van der Waals surface area contributed by atoms with Crippen LogP contribution < -0.4 is 0 Å². The predicted molar refractivity (Wildman–Crippen MR) is 66.5 cm³/mol. The molecule has 0 aromatic carbocycles. The standard InChI is InChI=1S/C14H26O2/c1-4-14(3,16-5-2)13(15)12-10-8-6-7-9-11-12/h12H,4-11H2,1-3H3. The van der Waals surface area contributed by atoms with E-state index in [1.807, 2.05) is 20.8 Å². The Bertz CT molecular complexity index is 217. The topological polar surface area (TPSA) is 26.3 Å². The second-order valence-corrected chi connectivity index (χ2v) is 5.07. The van der Waals surface area contributed by atoms with Crippen molar-refractivity contribution in [2.45, 2.75) is 71.3 Å². The Morgan fingerprint density at radius 1 is 1.19 bits per heavy atom. The highest BCUT2D eigenvalue weighted by Crippen LogP contribution is 2.30. The Hall–Kier alpha value is -0.370. The highest BCUT2D eigenvalue weighted by atomic mass is 16.5. The van der Waals surface area contributed by atoms with Crippen molar-refractivity contribution < 1.29 is 9.53 Å². The molecule has 1 fully saturated rings. The molecule has 0 aliphatic heterocycles. The summed E-state index contributed by atoms with van der Waals surface area (Å²) in [6, 6.07) is 0. The SMILES string of the molecule is CCOC(C)(CC)C(=O)C1CCCCCC1. The largest absolute Gasteiger partial charge is 0.368 e. The van der Waals surface area contributed by atoms with Crippen LogP contribution in [-0.2, 0) is 9.53 Å². The van der Waals surface area contributed by atoms with Gasteiger partial charge in [-0.3, -0.25) is 4.79 Å². The molecule has 0 heterocycles. The van der Waals surface area contributed by atoms with Gasteiger partial charge >= 0.3 is 0 Å². The summed E-state index contributed by atoms with van der Waals surface area (Å²) in [5, 5.41) is 0. The van der Waals surface area contributed by atoms with Crippen LogP contribution >= 0.6 is 0 Å². The van der Waals surface area contributed by atoms with Crippen LogP contribution in [0.15, 0.2) is 0 Å². The first-order chi connectivity index (χ1) is 7.64. The third-order valence-corrected chi connectivity index (χ3v) is 3.88. The van der Waals surface area contributed by atoms with E-state index in [2.05, 4.69) is 0 Å². The van der Waals surface area contributed by atoms with Crippen molar-refractivity contribution in [3.63, 3.8) is 0 Å². The van der Waals surface area contributed by atoms with Gasteiger partial charge in [-0.05, 0) is 33.1 Å². The van der Waals surface area contributed by atoms with Gasteiger partial charge in [0.05, 0.1) is 0 Å². The average molecular weight is 226 g/mol. The minimum Gasteiger partial charge on any atom is -0.368 e. The Labute approximate surface area is 99.8 Å². The number of hydrogen-bond acceptors (Lipinski definition) is 2. The van der Waals surface area contributed by atoms with Gasteiger partial charge in [-0.25, -0.2) is 0 Å². The average Bonchev–Trinajstić information content (AvgIpc) is 2.56. The molecule has 2 nitrogen and oxygen atoms in total. The number of Topliss-reactive ketones (excluding diaryl/α,β-unsaturated/α-hetero) is 1. The minimum absolute atomic E-state index is 0.249. The molecule has 0 aromatic rings. The molecule has 16 heavy (non-hydrogen) atoms. The maximum atomic E-state index is 12.5. The van der Waals surface area contributed by atoms with Crippen LogP contribution in [-0.4, -0.2) is 18.0 Å². The summed E-state index contributed by atoms with van der Waals surface area (Å²) in [5.41, 5.74) is -0.538. The van der Waals surface area contributed by atoms with Crippen molar-refractivity contribution in [3.8, 4) is 0 Å². The number of ketones is 1. The maximum Gasteiger partial charge on any atom is 0.167 e. The molecule has 0 spiro atoms. The van der Waals surface area contributed by atoms with Crippen LogP contribution in [0.4, 0.5) is 0 Å². The van der Waals surface area contributed by atoms with E-state index in [9.17, 15) is 4.79 Å². The third kappa shape index (κ3) is 3.31. The number of ether oxygens (including phenoxy) is 1. The zero-order valence-corrected chi connectivity index (χ0v) is 11.1. The van der Waals surface area contributed by atoms with Gasteiger partial charge in [0, 0.05) is 12.5 Å². The number of carbonyl (C=O) groups excluding carboxylic acids is 1. The molecule has 1 saturated carbocycles. The highest BCUT2D eigenvalue weighted by Gasteiger charge is 2.36. The van der Waals surface area contributed by atoms with Gasteiger partial charge in [0.15, 0.2) is 5.78 Å². The lowest BCUT2D eigenvalue weighted by Gasteiger charge is -2.30.